The molecule has 1 aromatic carbocycles. The van der Waals surface area contributed by atoms with Gasteiger partial charge in [0.05, 0.1) is 16.4 Å². The zero-order valence-electron chi connectivity index (χ0n) is 14.0. The maximum atomic E-state index is 12.4. The Balaban J connectivity index is 1.69. The standard InChI is InChI=1S/C18H20N4OS/c1-13(11-21(2)18(23)14-7-5-4-6-8-14)17-20-15(12-24-17)16-9-10-19-22(16)3/h4-10,12-13H,11H2,1-3H3. The Morgan fingerprint density at radius 3 is 2.71 bits per heavy atom. The van der Waals surface area contributed by atoms with E-state index in [2.05, 4.69) is 12.0 Å². The lowest BCUT2D eigenvalue weighted by Gasteiger charge is -2.20. The average Bonchev–Trinajstić information content (AvgIpc) is 3.23. The van der Waals surface area contributed by atoms with E-state index in [1.807, 2.05) is 60.6 Å². The van der Waals surface area contributed by atoms with Gasteiger partial charge in [-0.1, -0.05) is 25.1 Å². The molecule has 5 nitrogen and oxygen atoms in total. The molecule has 0 aliphatic rings. The second-order valence-electron chi connectivity index (χ2n) is 5.86. The molecular formula is C18H20N4OS. The number of nitrogens with zero attached hydrogens (tertiary/aromatic N) is 4. The first kappa shape index (κ1) is 16.4. The van der Waals surface area contributed by atoms with Crippen molar-refractivity contribution in [3.05, 3.63) is 58.5 Å². The summed E-state index contributed by atoms with van der Waals surface area (Å²) in [6.45, 7) is 2.73. The van der Waals surface area contributed by atoms with Gasteiger partial charge in [-0.25, -0.2) is 4.98 Å². The van der Waals surface area contributed by atoms with Crippen molar-refractivity contribution in [3.8, 4) is 11.4 Å². The number of carbonyl (C=O) groups excluding carboxylic acids is 1. The molecular weight excluding hydrogens is 320 g/mol. The van der Waals surface area contributed by atoms with Crippen molar-refractivity contribution in [2.75, 3.05) is 13.6 Å². The zero-order valence-corrected chi connectivity index (χ0v) is 14.8. The average molecular weight is 340 g/mol. The topological polar surface area (TPSA) is 51.0 Å². The maximum absolute atomic E-state index is 12.4. The highest BCUT2D eigenvalue weighted by molar-refractivity contribution is 7.10. The van der Waals surface area contributed by atoms with E-state index in [4.69, 9.17) is 4.98 Å². The number of aryl methyl sites for hydroxylation is 1. The third kappa shape index (κ3) is 3.38. The van der Waals surface area contributed by atoms with Crippen LogP contribution >= 0.6 is 11.3 Å². The van der Waals surface area contributed by atoms with Crippen LogP contribution in [0.5, 0.6) is 0 Å². The molecule has 0 aliphatic heterocycles. The molecule has 1 unspecified atom stereocenters. The number of aromatic nitrogens is 3. The monoisotopic (exact) mass is 340 g/mol. The minimum atomic E-state index is 0.0332. The van der Waals surface area contributed by atoms with E-state index < -0.39 is 0 Å². The molecule has 3 aromatic rings. The van der Waals surface area contributed by atoms with Gasteiger partial charge in [-0.3, -0.25) is 9.48 Å². The third-order valence-corrected chi connectivity index (χ3v) is 5.02. The summed E-state index contributed by atoms with van der Waals surface area (Å²) >= 11 is 1.62. The number of likely N-dealkylation sites (N-methyl/N-ethyl adjacent to an activating group) is 1. The fourth-order valence-corrected chi connectivity index (χ4v) is 3.49. The molecule has 0 saturated heterocycles. The molecule has 0 radical (unpaired) electrons. The molecule has 2 heterocycles. The van der Waals surface area contributed by atoms with Gasteiger partial charge in [0.2, 0.25) is 0 Å². The van der Waals surface area contributed by atoms with E-state index in [-0.39, 0.29) is 11.8 Å². The van der Waals surface area contributed by atoms with E-state index in [0.717, 1.165) is 16.4 Å². The van der Waals surface area contributed by atoms with E-state index >= 15 is 0 Å². The third-order valence-electron chi connectivity index (χ3n) is 3.94. The van der Waals surface area contributed by atoms with Crippen LogP contribution in [0.1, 0.15) is 28.2 Å². The van der Waals surface area contributed by atoms with E-state index in [1.54, 1.807) is 22.4 Å². The summed E-state index contributed by atoms with van der Waals surface area (Å²) in [5.41, 5.74) is 2.64. The Hall–Kier alpha value is -2.47. The minimum absolute atomic E-state index is 0.0332. The van der Waals surface area contributed by atoms with Crippen molar-refractivity contribution in [2.24, 2.45) is 7.05 Å². The van der Waals surface area contributed by atoms with Crippen molar-refractivity contribution in [1.82, 2.24) is 19.7 Å². The molecule has 0 saturated carbocycles. The van der Waals surface area contributed by atoms with Gasteiger partial charge in [0.1, 0.15) is 0 Å². The summed E-state index contributed by atoms with van der Waals surface area (Å²) < 4.78 is 1.81. The Morgan fingerprint density at radius 2 is 2.04 bits per heavy atom. The van der Waals surface area contributed by atoms with Crippen molar-refractivity contribution >= 4 is 17.2 Å². The highest BCUT2D eigenvalue weighted by Crippen LogP contribution is 2.26. The molecule has 6 heteroatoms. The van der Waals surface area contributed by atoms with Gasteiger partial charge in [-0.2, -0.15) is 5.10 Å². The van der Waals surface area contributed by atoms with Gasteiger partial charge in [0.25, 0.3) is 5.91 Å². The van der Waals surface area contributed by atoms with Crippen molar-refractivity contribution in [1.29, 1.82) is 0 Å². The number of rotatable bonds is 5. The molecule has 0 spiro atoms. The molecule has 0 fully saturated rings. The number of carbonyl (C=O) groups is 1. The Morgan fingerprint density at radius 1 is 1.29 bits per heavy atom. The smallest absolute Gasteiger partial charge is 0.253 e. The van der Waals surface area contributed by atoms with Gasteiger partial charge in [-0.05, 0) is 18.2 Å². The Kier molecular flexibility index (Phi) is 4.76. The summed E-state index contributed by atoms with van der Waals surface area (Å²) in [5, 5.41) is 7.25. The van der Waals surface area contributed by atoms with Gasteiger partial charge in [0.15, 0.2) is 0 Å². The largest absolute Gasteiger partial charge is 0.341 e. The lowest BCUT2D eigenvalue weighted by Crippen LogP contribution is -2.30. The van der Waals surface area contributed by atoms with Gasteiger partial charge < -0.3 is 4.90 Å². The van der Waals surface area contributed by atoms with Crippen LogP contribution in [0.2, 0.25) is 0 Å². The first-order chi connectivity index (χ1) is 11.6. The number of benzene rings is 1. The van der Waals surface area contributed by atoms with Crippen LogP contribution in [-0.4, -0.2) is 39.2 Å². The molecule has 3 rings (SSSR count). The van der Waals surface area contributed by atoms with E-state index in [0.29, 0.717) is 12.1 Å². The molecule has 1 atom stereocenters. The van der Waals surface area contributed by atoms with Crippen LogP contribution in [0.3, 0.4) is 0 Å². The summed E-state index contributed by atoms with van der Waals surface area (Å²) in [7, 11) is 3.74. The quantitative estimate of drug-likeness (QED) is 0.715. The molecule has 124 valence electrons. The number of hydrogen-bond acceptors (Lipinski definition) is 4. The maximum Gasteiger partial charge on any atom is 0.253 e. The lowest BCUT2D eigenvalue weighted by atomic mass is 10.1. The molecule has 24 heavy (non-hydrogen) atoms. The number of hydrogen-bond donors (Lipinski definition) is 0. The number of amides is 1. The van der Waals surface area contributed by atoms with Crippen LogP contribution in [0, 0.1) is 0 Å². The van der Waals surface area contributed by atoms with E-state index in [9.17, 15) is 4.79 Å². The normalized spacial score (nSPS) is 12.1. The fourth-order valence-electron chi connectivity index (χ4n) is 2.63. The van der Waals surface area contributed by atoms with Gasteiger partial charge >= 0.3 is 0 Å². The second-order valence-corrected chi connectivity index (χ2v) is 6.75. The SMILES string of the molecule is CC(CN(C)C(=O)c1ccccc1)c1nc(-c2ccnn2C)cs1. The molecule has 1 amide bonds. The molecule has 0 N–H and O–H groups in total. The fraction of sp³-hybridized carbons (Fsp3) is 0.278. The first-order valence-corrected chi connectivity index (χ1v) is 8.68. The predicted molar refractivity (Wildman–Crippen MR) is 96.1 cm³/mol. The first-order valence-electron chi connectivity index (χ1n) is 7.80. The van der Waals surface area contributed by atoms with Crippen LogP contribution < -0.4 is 0 Å². The summed E-state index contributed by atoms with van der Waals surface area (Å²) in [5.74, 6) is 0.209. The van der Waals surface area contributed by atoms with Crippen molar-refractivity contribution in [3.63, 3.8) is 0 Å². The highest BCUT2D eigenvalue weighted by atomic mass is 32.1. The molecule has 2 aromatic heterocycles. The lowest BCUT2D eigenvalue weighted by molar-refractivity contribution is 0.0788. The summed E-state index contributed by atoms with van der Waals surface area (Å²) in [4.78, 5) is 18.9. The Labute approximate surface area is 145 Å². The van der Waals surface area contributed by atoms with Crippen molar-refractivity contribution in [2.45, 2.75) is 12.8 Å². The summed E-state index contributed by atoms with van der Waals surface area (Å²) in [6, 6.07) is 11.3. The van der Waals surface area contributed by atoms with Crippen LogP contribution in [0.4, 0.5) is 0 Å². The molecule has 0 bridgehead atoms. The van der Waals surface area contributed by atoms with Gasteiger partial charge in [-0.15, -0.1) is 11.3 Å². The zero-order chi connectivity index (χ0) is 17.1. The Bertz CT molecular complexity index is 824. The summed E-state index contributed by atoms with van der Waals surface area (Å²) in [6.07, 6.45) is 1.77. The molecule has 0 aliphatic carbocycles. The van der Waals surface area contributed by atoms with Crippen molar-refractivity contribution < 1.29 is 4.79 Å². The van der Waals surface area contributed by atoms with Crippen LogP contribution in [0.25, 0.3) is 11.4 Å². The minimum Gasteiger partial charge on any atom is -0.341 e. The number of thiazole rings is 1. The van der Waals surface area contributed by atoms with E-state index in [1.165, 1.54) is 0 Å². The van der Waals surface area contributed by atoms with Crippen LogP contribution in [0.15, 0.2) is 48.0 Å². The highest BCUT2D eigenvalue weighted by Gasteiger charge is 2.18. The van der Waals surface area contributed by atoms with Crippen LogP contribution in [-0.2, 0) is 7.05 Å². The second kappa shape index (κ2) is 6.97. The van der Waals surface area contributed by atoms with Gasteiger partial charge in [0, 0.05) is 43.7 Å². The predicted octanol–water partition coefficient (Wildman–Crippen LogP) is 3.42.